The van der Waals surface area contributed by atoms with Gasteiger partial charge in [-0.15, -0.1) is 22.7 Å². The van der Waals surface area contributed by atoms with Crippen LogP contribution in [-0.4, -0.2) is 0 Å². The largest absolute Gasteiger partial charge is 0.135 e. The topological polar surface area (TPSA) is 0 Å². The Balaban J connectivity index is 1.14. The van der Waals surface area contributed by atoms with Crippen LogP contribution in [0, 0.1) is 0 Å². The zero-order valence-corrected chi connectivity index (χ0v) is 30.2. The average molecular weight is 675 g/mol. The third kappa shape index (κ3) is 3.60. The second-order valence-electron chi connectivity index (χ2n) is 15.2. The monoisotopic (exact) mass is 674 g/mol. The predicted molar refractivity (Wildman–Crippen MR) is 218 cm³/mol. The van der Waals surface area contributed by atoms with E-state index in [1.165, 1.54) is 107 Å². The molecule has 50 heavy (non-hydrogen) atoms. The van der Waals surface area contributed by atoms with E-state index in [9.17, 15) is 0 Å². The molecule has 0 aliphatic heterocycles. The van der Waals surface area contributed by atoms with Crippen molar-refractivity contribution in [3.05, 3.63) is 156 Å². The van der Waals surface area contributed by atoms with Crippen molar-refractivity contribution in [2.75, 3.05) is 0 Å². The molecule has 0 saturated heterocycles. The van der Waals surface area contributed by atoms with E-state index >= 15 is 0 Å². The van der Waals surface area contributed by atoms with Crippen LogP contribution in [0.25, 0.3) is 84.9 Å². The molecule has 11 rings (SSSR count). The van der Waals surface area contributed by atoms with Gasteiger partial charge in [-0.05, 0) is 112 Å². The lowest BCUT2D eigenvalue weighted by molar-refractivity contribution is 0.667. The fourth-order valence-electron chi connectivity index (χ4n) is 9.56. The first-order valence-electron chi connectivity index (χ1n) is 17.6. The molecule has 2 aliphatic carbocycles. The summed E-state index contributed by atoms with van der Waals surface area (Å²) in [5, 5.41) is 8.03. The van der Waals surface area contributed by atoms with Gasteiger partial charge in [0.25, 0.3) is 0 Å². The Morgan fingerprint density at radius 1 is 0.380 bits per heavy atom. The number of fused-ring (bicyclic) bond motifs is 12. The van der Waals surface area contributed by atoms with Crippen molar-refractivity contribution in [3.8, 4) is 43.1 Å². The third-order valence-electron chi connectivity index (χ3n) is 11.8. The molecule has 2 aromatic heterocycles. The van der Waals surface area contributed by atoms with Crippen LogP contribution in [0.4, 0.5) is 0 Å². The minimum Gasteiger partial charge on any atom is -0.135 e. The highest BCUT2D eigenvalue weighted by atomic mass is 32.1. The summed E-state index contributed by atoms with van der Waals surface area (Å²) in [7, 11) is 0. The molecule has 0 atom stereocenters. The summed E-state index contributed by atoms with van der Waals surface area (Å²) in [6.45, 7) is 9.66. The molecule has 0 spiro atoms. The molecule has 238 valence electrons. The van der Waals surface area contributed by atoms with Gasteiger partial charge in [-0.3, -0.25) is 0 Å². The van der Waals surface area contributed by atoms with E-state index in [2.05, 4.69) is 161 Å². The Morgan fingerprint density at radius 3 is 1.10 bits per heavy atom. The van der Waals surface area contributed by atoms with E-state index in [0.29, 0.717) is 0 Å². The molecular weight excluding hydrogens is 641 g/mol. The number of hydrogen-bond acceptors (Lipinski definition) is 2. The summed E-state index contributed by atoms with van der Waals surface area (Å²) in [6, 6.07) is 50.6. The van der Waals surface area contributed by atoms with Crippen molar-refractivity contribution in [1.82, 2.24) is 0 Å². The quantitative estimate of drug-likeness (QED) is 0.160. The molecule has 0 amide bonds. The summed E-state index contributed by atoms with van der Waals surface area (Å²) in [6.07, 6.45) is 0. The highest BCUT2D eigenvalue weighted by molar-refractivity contribution is 7.23. The normalized spacial score (nSPS) is 15.1. The minimum atomic E-state index is -0.0732. The minimum absolute atomic E-state index is 0.0732. The van der Waals surface area contributed by atoms with Crippen LogP contribution in [-0.2, 0) is 10.8 Å². The Bertz CT molecular complexity index is 2670. The van der Waals surface area contributed by atoms with Crippen molar-refractivity contribution >= 4 is 64.4 Å². The second kappa shape index (κ2) is 9.82. The van der Waals surface area contributed by atoms with Crippen LogP contribution in [0.5, 0.6) is 0 Å². The molecule has 0 radical (unpaired) electrons. The first-order valence-corrected chi connectivity index (χ1v) is 19.2. The van der Waals surface area contributed by atoms with E-state index in [1.54, 1.807) is 0 Å². The van der Waals surface area contributed by atoms with Gasteiger partial charge < -0.3 is 0 Å². The smallest absolute Gasteiger partial charge is 0.0399 e. The highest BCUT2D eigenvalue weighted by Crippen LogP contribution is 2.58. The zero-order chi connectivity index (χ0) is 33.5. The number of hydrogen-bond donors (Lipinski definition) is 0. The summed E-state index contributed by atoms with van der Waals surface area (Å²) >= 11 is 3.89. The van der Waals surface area contributed by atoms with Crippen LogP contribution >= 0.6 is 22.7 Å². The van der Waals surface area contributed by atoms with Gasteiger partial charge >= 0.3 is 0 Å². The van der Waals surface area contributed by atoms with Gasteiger partial charge in [-0.25, -0.2) is 0 Å². The molecule has 0 nitrogen and oxygen atoms in total. The lowest BCUT2D eigenvalue weighted by Gasteiger charge is -2.24. The molecule has 0 saturated carbocycles. The van der Waals surface area contributed by atoms with E-state index in [-0.39, 0.29) is 10.8 Å². The van der Waals surface area contributed by atoms with Gasteiger partial charge in [-0.2, -0.15) is 0 Å². The zero-order valence-electron chi connectivity index (χ0n) is 28.5. The fraction of sp³-hybridized carbons (Fsp3) is 0.125. The molecule has 2 aliphatic rings. The van der Waals surface area contributed by atoms with Gasteiger partial charge in [-0.1, -0.05) is 137 Å². The molecule has 2 heteroatoms. The Morgan fingerprint density at radius 2 is 0.720 bits per heavy atom. The molecule has 2 heterocycles. The first-order chi connectivity index (χ1) is 24.3. The van der Waals surface area contributed by atoms with Crippen molar-refractivity contribution in [2.45, 2.75) is 38.5 Å². The van der Waals surface area contributed by atoms with E-state index < -0.39 is 0 Å². The average Bonchev–Trinajstić information content (AvgIpc) is 3.84. The lowest BCUT2D eigenvalue weighted by atomic mass is 9.79. The van der Waals surface area contributed by atoms with E-state index in [4.69, 9.17) is 0 Å². The Kier molecular flexibility index (Phi) is 5.65. The maximum atomic E-state index is 2.51. The maximum absolute atomic E-state index is 2.51. The van der Waals surface area contributed by atoms with Gasteiger partial charge in [0.2, 0.25) is 0 Å². The van der Waals surface area contributed by atoms with Crippen LogP contribution in [0.2, 0.25) is 0 Å². The fourth-order valence-corrected chi connectivity index (χ4v) is 12.4. The van der Waals surface area contributed by atoms with Crippen LogP contribution in [0.15, 0.2) is 133 Å². The molecule has 9 aromatic rings. The Hall–Kier alpha value is -5.02. The van der Waals surface area contributed by atoms with Crippen LogP contribution in [0.3, 0.4) is 0 Å². The van der Waals surface area contributed by atoms with Gasteiger partial charge in [0.05, 0.1) is 0 Å². The molecular formula is C48H34S2. The second-order valence-corrected chi connectivity index (χ2v) is 17.3. The van der Waals surface area contributed by atoms with E-state index in [1.807, 2.05) is 22.7 Å². The summed E-state index contributed by atoms with van der Waals surface area (Å²) in [4.78, 5) is 2.87. The van der Waals surface area contributed by atoms with Crippen molar-refractivity contribution in [3.63, 3.8) is 0 Å². The van der Waals surface area contributed by atoms with Crippen molar-refractivity contribution < 1.29 is 0 Å². The third-order valence-corrected chi connectivity index (χ3v) is 14.2. The molecule has 0 unspecified atom stereocenters. The number of benzene rings is 7. The first kappa shape index (κ1) is 28.8. The molecule has 0 fully saturated rings. The van der Waals surface area contributed by atoms with Crippen molar-refractivity contribution in [2.24, 2.45) is 0 Å². The lowest BCUT2D eigenvalue weighted by Crippen LogP contribution is -2.15. The summed E-state index contributed by atoms with van der Waals surface area (Å²) < 4.78 is 2.76. The van der Waals surface area contributed by atoms with Crippen LogP contribution < -0.4 is 0 Å². The standard InChI is InChI=1S/C48H34S2/c1-47(2)37-25-27(21-23-33(37)45-43(47)35-17-9-11-19-39(35)49-45)41-29-13-5-7-15-31(29)42(32-16-8-6-14-30(32)41)28-22-24-34-38(26-28)48(3,4)44-36-18-10-12-20-40(36)50-46(34)44/h5-26H,1-4H3. The van der Waals surface area contributed by atoms with E-state index in [0.717, 1.165) is 0 Å². The number of thiophene rings is 2. The summed E-state index contributed by atoms with van der Waals surface area (Å²) in [5.41, 5.74) is 13.7. The SMILES string of the molecule is CC1(C)c2cc(-c3c4ccccc4c(-c4ccc5c(c4)C(C)(C)c4c-5sc5ccccc45)c4ccccc34)ccc2-c2sc3ccccc3c21. The van der Waals surface area contributed by atoms with Gasteiger partial charge in [0.1, 0.15) is 0 Å². The van der Waals surface area contributed by atoms with Gasteiger partial charge in [0, 0.05) is 30.0 Å². The van der Waals surface area contributed by atoms with Crippen molar-refractivity contribution in [1.29, 1.82) is 0 Å². The molecule has 0 N–H and O–H groups in total. The highest BCUT2D eigenvalue weighted by Gasteiger charge is 2.40. The predicted octanol–water partition coefficient (Wildman–Crippen LogP) is 14.4. The summed E-state index contributed by atoms with van der Waals surface area (Å²) in [5.74, 6) is 0. The van der Waals surface area contributed by atoms with Gasteiger partial charge in [0.15, 0.2) is 0 Å². The maximum Gasteiger partial charge on any atom is 0.0399 e. The molecule has 0 bridgehead atoms. The molecule has 7 aromatic carbocycles. The Labute approximate surface area is 300 Å². The number of rotatable bonds is 2. The van der Waals surface area contributed by atoms with Crippen LogP contribution in [0.1, 0.15) is 49.9 Å².